The highest BCUT2D eigenvalue weighted by Crippen LogP contribution is 2.16. The summed E-state index contributed by atoms with van der Waals surface area (Å²) < 4.78 is 4.17. The summed E-state index contributed by atoms with van der Waals surface area (Å²) in [4.78, 5) is 9.45. The second-order valence-electron chi connectivity index (χ2n) is 5.39. The van der Waals surface area contributed by atoms with Gasteiger partial charge in [-0.05, 0) is 30.7 Å². The van der Waals surface area contributed by atoms with Crippen LogP contribution in [0.15, 0.2) is 73.2 Å². The van der Waals surface area contributed by atoms with E-state index >= 15 is 0 Å². The van der Waals surface area contributed by atoms with Crippen LogP contribution < -0.4 is 4.57 Å². The van der Waals surface area contributed by atoms with E-state index in [9.17, 15) is 0 Å². The van der Waals surface area contributed by atoms with Gasteiger partial charge in [0.15, 0.2) is 0 Å². The van der Waals surface area contributed by atoms with Gasteiger partial charge in [-0.2, -0.15) is 4.57 Å². The standard InChI is InChI=1S/C19H17N4/c1-2-15-13-20-18-19(21-15)23(17-11-7-4-8-12-17)14-22(18)16-9-5-3-6-10-16/h3-14H,2H2,1H3/q+1. The van der Waals surface area contributed by atoms with Crippen LogP contribution in [0, 0.1) is 0 Å². The molecule has 112 valence electrons. The van der Waals surface area contributed by atoms with E-state index in [4.69, 9.17) is 4.98 Å². The quantitative estimate of drug-likeness (QED) is 0.544. The number of hydrogen-bond donors (Lipinski definition) is 0. The van der Waals surface area contributed by atoms with Gasteiger partial charge in [-0.1, -0.05) is 43.3 Å². The van der Waals surface area contributed by atoms with Crippen LogP contribution in [0.1, 0.15) is 12.6 Å². The van der Waals surface area contributed by atoms with Crippen molar-refractivity contribution in [1.82, 2.24) is 14.5 Å². The maximum Gasteiger partial charge on any atom is 0.327 e. The van der Waals surface area contributed by atoms with Crippen LogP contribution in [0.4, 0.5) is 0 Å². The van der Waals surface area contributed by atoms with Crippen molar-refractivity contribution < 1.29 is 4.57 Å². The maximum absolute atomic E-state index is 4.80. The molecule has 2 aromatic heterocycles. The average Bonchev–Trinajstić information content (AvgIpc) is 3.02. The van der Waals surface area contributed by atoms with Gasteiger partial charge in [0.2, 0.25) is 6.33 Å². The Morgan fingerprint density at radius 1 is 0.957 bits per heavy atom. The van der Waals surface area contributed by atoms with E-state index in [-0.39, 0.29) is 0 Å². The lowest BCUT2D eigenvalue weighted by Gasteiger charge is -1.97. The normalized spacial score (nSPS) is 11.0. The zero-order valence-corrected chi connectivity index (χ0v) is 12.9. The molecule has 4 nitrogen and oxygen atoms in total. The molecule has 0 bridgehead atoms. The third-order valence-electron chi connectivity index (χ3n) is 3.90. The highest BCUT2D eigenvalue weighted by molar-refractivity contribution is 5.65. The number of hydrogen-bond acceptors (Lipinski definition) is 2. The first kappa shape index (κ1) is 13.6. The predicted octanol–water partition coefficient (Wildman–Crippen LogP) is 3.26. The van der Waals surface area contributed by atoms with Crippen molar-refractivity contribution in [3.05, 3.63) is 78.9 Å². The first-order valence-electron chi connectivity index (χ1n) is 7.76. The topological polar surface area (TPSA) is 34.6 Å². The fraction of sp³-hybridized carbons (Fsp3) is 0.105. The van der Waals surface area contributed by atoms with Gasteiger partial charge in [-0.15, -0.1) is 4.98 Å². The second-order valence-corrected chi connectivity index (χ2v) is 5.39. The van der Waals surface area contributed by atoms with Crippen molar-refractivity contribution in [3.8, 4) is 11.4 Å². The first-order chi connectivity index (χ1) is 11.4. The third kappa shape index (κ3) is 2.38. The molecule has 0 unspecified atom stereocenters. The van der Waals surface area contributed by atoms with Gasteiger partial charge in [0, 0.05) is 0 Å². The Bertz CT molecular complexity index is 943. The predicted molar refractivity (Wildman–Crippen MR) is 89.8 cm³/mol. The van der Waals surface area contributed by atoms with Crippen LogP contribution >= 0.6 is 0 Å². The van der Waals surface area contributed by atoms with Gasteiger partial charge in [-0.25, -0.2) is 9.55 Å². The first-order valence-corrected chi connectivity index (χ1v) is 7.76. The molecule has 0 fully saturated rings. The average molecular weight is 301 g/mol. The van der Waals surface area contributed by atoms with Gasteiger partial charge in [0.05, 0.1) is 5.69 Å². The number of fused-ring (bicyclic) bond motifs is 1. The number of nitrogens with zero attached hydrogens (tertiary/aromatic N) is 4. The Kier molecular flexibility index (Phi) is 3.35. The molecule has 0 aliphatic heterocycles. The van der Waals surface area contributed by atoms with Crippen LogP contribution in [0.5, 0.6) is 0 Å². The Hall–Kier alpha value is -3.01. The minimum atomic E-state index is 0.859. The highest BCUT2D eigenvalue weighted by Gasteiger charge is 2.21. The molecule has 0 saturated carbocycles. The molecular formula is C19H17N4+. The lowest BCUT2D eigenvalue weighted by atomic mass is 10.3. The van der Waals surface area contributed by atoms with E-state index in [0.717, 1.165) is 34.8 Å². The van der Waals surface area contributed by atoms with Crippen molar-refractivity contribution in [2.24, 2.45) is 0 Å². The van der Waals surface area contributed by atoms with Crippen molar-refractivity contribution in [3.63, 3.8) is 0 Å². The molecule has 0 N–H and O–H groups in total. The molecule has 4 heteroatoms. The summed E-state index contributed by atoms with van der Waals surface area (Å²) in [6, 6.07) is 20.5. The zero-order chi connectivity index (χ0) is 15.6. The van der Waals surface area contributed by atoms with E-state index in [1.807, 2.05) is 42.6 Å². The van der Waals surface area contributed by atoms with Crippen LogP contribution in [0.2, 0.25) is 0 Å². The lowest BCUT2D eigenvalue weighted by molar-refractivity contribution is -0.570. The SMILES string of the molecule is CCc1cnc2c(n1)n(-c1ccccc1)c[n+]2-c1ccccc1. The molecule has 2 aromatic carbocycles. The molecule has 0 atom stereocenters. The molecule has 0 radical (unpaired) electrons. The summed E-state index contributed by atoms with van der Waals surface area (Å²) in [5, 5.41) is 0. The molecule has 0 saturated heterocycles. The zero-order valence-electron chi connectivity index (χ0n) is 12.9. The summed E-state index contributed by atoms with van der Waals surface area (Å²) >= 11 is 0. The lowest BCUT2D eigenvalue weighted by Crippen LogP contribution is -2.29. The summed E-state index contributed by atoms with van der Waals surface area (Å²) in [6.07, 6.45) is 4.78. The molecule has 0 aliphatic carbocycles. The summed E-state index contributed by atoms with van der Waals surface area (Å²) in [7, 11) is 0. The molecule has 23 heavy (non-hydrogen) atoms. The largest absolute Gasteiger partial charge is 0.327 e. The molecule has 2 heterocycles. The monoisotopic (exact) mass is 301 g/mol. The maximum atomic E-state index is 4.80. The molecule has 4 aromatic rings. The number of rotatable bonds is 3. The Morgan fingerprint density at radius 2 is 1.65 bits per heavy atom. The van der Waals surface area contributed by atoms with Gasteiger partial charge in [-0.3, -0.25) is 0 Å². The van der Waals surface area contributed by atoms with E-state index < -0.39 is 0 Å². The number of aryl methyl sites for hydroxylation is 1. The fourth-order valence-electron chi connectivity index (χ4n) is 2.69. The second kappa shape index (κ2) is 5.65. The van der Waals surface area contributed by atoms with E-state index in [0.29, 0.717) is 0 Å². The molecule has 0 amide bonds. The van der Waals surface area contributed by atoms with Crippen molar-refractivity contribution in [2.75, 3.05) is 0 Å². The minimum Gasteiger partial charge on any atom is -0.212 e. The summed E-state index contributed by atoms with van der Waals surface area (Å²) in [5.41, 5.74) is 4.88. The Morgan fingerprint density at radius 3 is 2.35 bits per heavy atom. The van der Waals surface area contributed by atoms with E-state index in [2.05, 4.69) is 51.6 Å². The molecule has 4 rings (SSSR count). The van der Waals surface area contributed by atoms with Crippen LogP contribution in [-0.2, 0) is 6.42 Å². The highest BCUT2D eigenvalue weighted by atomic mass is 15.2. The Labute approximate surface area is 134 Å². The summed E-state index contributed by atoms with van der Waals surface area (Å²) in [5.74, 6) is 0. The molecule has 0 spiro atoms. The van der Waals surface area contributed by atoms with Crippen molar-refractivity contribution in [1.29, 1.82) is 0 Å². The van der Waals surface area contributed by atoms with Gasteiger partial charge in [0.1, 0.15) is 17.6 Å². The van der Waals surface area contributed by atoms with E-state index in [1.165, 1.54) is 0 Å². The van der Waals surface area contributed by atoms with Crippen molar-refractivity contribution >= 4 is 11.3 Å². The third-order valence-corrected chi connectivity index (χ3v) is 3.90. The molecular weight excluding hydrogens is 284 g/mol. The summed E-state index contributed by atoms with van der Waals surface area (Å²) in [6.45, 7) is 2.09. The number of para-hydroxylation sites is 2. The van der Waals surface area contributed by atoms with Gasteiger partial charge in [0.25, 0.3) is 5.65 Å². The minimum absolute atomic E-state index is 0.859. The van der Waals surface area contributed by atoms with Crippen LogP contribution in [-0.4, -0.2) is 14.5 Å². The number of aromatic nitrogens is 4. The van der Waals surface area contributed by atoms with Gasteiger partial charge >= 0.3 is 5.65 Å². The van der Waals surface area contributed by atoms with Crippen molar-refractivity contribution in [2.45, 2.75) is 13.3 Å². The van der Waals surface area contributed by atoms with Crippen LogP contribution in [0.25, 0.3) is 22.7 Å². The van der Waals surface area contributed by atoms with E-state index in [1.54, 1.807) is 0 Å². The number of imidazole rings is 1. The molecule has 0 aliphatic rings. The van der Waals surface area contributed by atoms with Gasteiger partial charge < -0.3 is 0 Å². The Balaban J connectivity index is 2.02. The smallest absolute Gasteiger partial charge is 0.212 e. The number of benzene rings is 2. The van der Waals surface area contributed by atoms with Crippen LogP contribution in [0.3, 0.4) is 0 Å². The fourth-order valence-corrected chi connectivity index (χ4v) is 2.69.